The molecule has 1 heterocycles. The second-order valence-corrected chi connectivity index (χ2v) is 4.30. The topological polar surface area (TPSA) is 24.7 Å². The third-order valence-electron chi connectivity index (χ3n) is 1.58. The Labute approximate surface area is 68.1 Å². The van der Waals surface area contributed by atoms with Gasteiger partial charge in [0.2, 0.25) is 5.66 Å². The van der Waals surface area contributed by atoms with E-state index in [1.165, 1.54) is 0 Å². The number of hydrogen-bond acceptors (Lipinski definition) is 2. The zero-order valence-electron chi connectivity index (χ0n) is 7.39. The van der Waals surface area contributed by atoms with Gasteiger partial charge in [-0.1, -0.05) is 20.8 Å². The van der Waals surface area contributed by atoms with Crippen molar-refractivity contribution < 1.29 is 0 Å². The zero-order valence-corrected chi connectivity index (χ0v) is 7.39. The molecule has 0 saturated carbocycles. The largest absolute Gasteiger partial charge is 0.202 e. The van der Waals surface area contributed by atoms with Crippen molar-refractivity contribution in [3.8, 4) is 12.3 Å². The van der Waals surface area contributed by atoms with Crippen LogP contribution in [0.3, 0.4) is 0 Å². The molecule has 0 aromatic heterocycles. The molecule has 0 amide bonds. The third kappa shape index (κ3) is 2.34. The maximum absolute atomic E-state index is 5.20. The molecule has 60 valence electrons. The van der Waals surface area contributed by atoms with Crippen LogP contribution in [-0.2, 0) is 0 Å². The zero-order chi connectivity index (χ0) is 8.54. The Kier molecular flexibility index (Phi) is 1.75. The molecule has 1 aliphatic rings. The predicted molar refractivity (Wildman–Crippen MR) is 45.1 cm³/mol. The first-order valence-corrected chi connectivity index (χ1v) is 3.85. The van der Waals surface area contributed by atoms with E-state index in [0.29, 0.717) is 6.42 Å². The van der Waals surface area contributed by atoms with Crippen molar-refractivity contribution in [2.45, 2.75) is 39.3 Å². The Balaban J connectivity index is 2.44. The molecule has 0 fully saturated rings. The summed E-state index contributed by atoms with van der Waals surface area (Å²) >= 11 is 0. The van der Waals surface area contributed by atoms with Crippen LogP contribution < -0.4 is 0 Å². The highest BCUT2D eigenvalue weighted by atomic mass is 15.4. The molecule has 0 saturated heterocycles. The highest BCUT2D eigenvalue weighted by Gasteiger charge is 2.42. The van der Waals surface area contributed by atoms with Crippen LogP contribution in [0.4, 0.5) is 0 Å². The highest BCUT2D eigenvalue weighted by molar-refractivity contribution is 5.05. The molecule has 0 bridgehead atoms. The Morgan fingerprint density at radius 3 is 2.18 bits per heavy atom. The molecule has 2 nitrogen and oxygen atoms in total. The first-order chi connectivity index (χ1) is 4.97. The van der Waals surface area contributed by atoms with E-state index in [0.717, 1.165) is 6.42 Å². The van der Waals surface area contributed by atoms with Gasteiger partial charge in [0.15, 0.2) is 0 Å². The minimum Gasteiger partial charge on any atom is -0.158 e. The first kappa shape index (κ1) is 8.26. The maximum atomic E-state index is 5.20. The molecule has 0 aromatic carbocycles. The van der Waals surface area contributed by atoms with Gasteiger partial charge in [-0.25, -0.2) is 0 Å². The molecule has 0 radical (unpaired) electrons. The van der Waals surface area contributed by atoms with Crippen LogP contribution in [0.1, 0.15) is 33.6 Å². The number of hydrogen-bond donors (Lipinski definition) is 0. The van der Waals surface area contributed by atoms with E-state index in [1.54, 1.807) is 0 Å². The number of terminal acetylenes is 1. The molecule has 2 heteroatoms. The van der Waals surface area contributed by atoms with Gasteiger partial charge in [-0.3, -0.25) is 0 Å². The van der Waals surface area contributed by atoms with E-state index in [1.807, 2.05) is 0 Å². The van der Waals surface area contributed by atoms with Gasteiger partial charge in [-0.15, -0.1) is 12.3 Å². The van der Waals surface area contributed by atoms with Gasteiger partial charge >= 0.3 is 0 Å². The summed E-state index contributed by atoms with van der Waals surface area (Å²) in [7, 11) is 0. The maximum Gasteiger partial charge on any atom is 0.202 e. The van der Waals surface area contributed by atoms with Gasteiger partial charge in [-0.2, -0.15) is 10.2 Å². The first-order valence-electron chi connectivity index (χ1n) is 3.85. The van der Waals surface area contributed by atoms with Gasteiger partial charge in [-0.05, 0) is 5.41 Å². The normalized spacial score (nSPS) is 19.5. The average Bonchev–Trinajstić information content (AvgIpc) is 2.44. The molecule has 0 unspecified atom stereocenters. The second kappa shape index (κ2) is 2.34. The van der Waals surface area contributed by atoms with E-state index in [2.05, 4.69) is 36.9 Å². The summed E-state index contributed by atoms with van der Waals surface area (Å²) in [5, 5.41) is 7.98. The molecule has 0 N–H and O–H groups in total. The van der Waals surface area contributed by atoms with Crippen molar-refractivity contribution in [1.82, 2.24) is 0 Å². The van der Waals surface area contributed by atoms with E-state index in [-0.39, 0.29) is 11.1 Å². The van der Waals surface area contributed by atoms with Crippen LogP contribution in [-0.4, -0.2) is 5.66 Å². The summed E-state index contributed by atoms with van der Waals surface area (Å²) < 4.78 is 0. The smallest absolute Gasteiger partial charge is 0.158 e. The average molecular weight is 150 g/mol. The van der Waals surface area contributed by atoms with E-state index in [9.17, 15) is 0 Å². The lowest BCUT2D eigenvalue weighted by Crippen LogP contribution is -2.19. The van der Waals surface area contributed by atoms with Crippen molar-refractivity contribution in [2.24, 2.45) is 15.6 Å². The molecule has 1 aliphatic heterocycles. The molecular formula is C9H14N2. The molecule has 0 aliphatic carbocycles. The summed E-state index contributed by atoms with van der Waals surface area (Å²) in [5.74, 6) is 2.61. The number of rotatable bonds is 2. The van der Waals surface area contributed by atoms with Crippen molar-refractivity contribution >= 4 is 0 Å². The van der Waals surface area contributed by atoms with E-state index < -0.39 is 0 Å². The fourth-order valence-corrected chi connectivity index (χ4v) is 1.29. The van der Waals surface area contributed by atoms with Crippen molar-refractivity contribution in [2.75, 3.05) is 0 Å². The summed E-state index contributed by atoms with van der Waals surface area (Å²) in [4.78, 5) is 0. The monoisotopic (exact) mass is 150 g/mol. The van der Waals surface area contributed by atoms with E-state index >= 15 is 0 Å². The Morgan fingerprint density at radius 2 is 1.91 bits per heavy atom. The summed E-state index contributed by atoms with van der Waals surface area (Å²) in [5.41, 5.74) is 0.0628. The molecular weight excluding hydrogens is 136 g/mol. The second-order valence-electron chi connectivity index (χ2n) is 4.30. The summed E-state index contributed by atoms with van der Waals surface area (Å²) in [6.07, 6.45) is 6.82. The van der Waals surface area contributed by atoms with Crippen molar-refractivity contribution in [1.29, 1.82) is 0 Å². The summed E-state index contributed by atoms with van der Waals surface area (Å²) in [6.45, 7) is 6.53. The van der Waals surface area contributed by atoms with Crippen molar-refractivity contribution in [3.63, 3.8) is 0 Å². The van der Waals surface area contributed by atoms with Gasteiger partial charge in [0.25, 0.3) is 0 Å². The van der Waals surface area contributed by atoms with Crippen molar-refractivity contribution in [3.05, 3.63) is 0 Å². The SMILES string of the molecule is C#CCC1(CC(C)(C)C)N=N1. The molecule has 1 rings (SSSR count). The third-order valence-corrected chi connectivity index (χ3v) is 1.58. The lowest BCUT2D eigenvalue weighted by Gasteiger charge is -2.20. The fourth-order valence-electron chi connectivity index (χ4n) is 1.29. The minimum atomic E-state index is -0.201. The minimum absolute atomic E-state index is 0.201. The number of nitrogens with zero attached hydrogens (tertiary/aromatic N) is 2. The van der Waals surface area contributed by atoms with Crippen LogP contribution in [0.5, 0.6) is 0 Å². The fraction of sp³-hybridized carbons (Fsp3) is 0.778. The lowest BCUT2D eigenvalue weighted by atomic mass is 9.85. The Morgan fingerprint density at radius 1 is 1.36 bits per heavy atom. The molecule has 0 atom stereocenters. The Hall–Kier alpha value is -0.840. The van der Waals surface area contributed by atoms with Gasteiger partial charge in [0, 0.05) is 6.42 Å². The van der Waals surface area contributed by atoms with Crippen LogP contribution in [0.2, 0.25) is 0 Å². The molecule has 11 heavy (non-hydrogen) atoms. The van der Waals surface area contributed by atoms with Crippen LogP contribution >= 0.6 is 0 Å². The Bertz CT molecular complexity index is 209. The van der Waals surface area contributed by atoms with Crippen LogP contribution in [0.15, 0.2) is 10.2 Å². The molecule has 0 aromatic rings. The highest BCUT2D eigenvalue weighted by Crippen LogP contribution is 2.41. The molecule has 0 spiro atoms. The van der Waals surface area contributed by atoms with Crippen LogP contribution in [0.25, 0.3) is 0 Å². The van der Waals surface area contributed by atoms with Gasteiger partial charge < -0.3 is 0 Å². The standard InChI is InChI=1S/C9H14N2/c1-5-6-9(10-11-9)7-8(2,3)4/h1H,6-7H2,2-4H3. The lowest BCUT2D eigenvalue weighted by molar-refractivity contribution is 0.317. The van der Waals surface area contributed by atoms with Crippen LogP contribution in [0, 0.1) is 17.8 Å². The quantitative estimate of drug-likeness (QED) is 0.540. The van der Waals surface area contributed by atoms with E-state index in [4.69, 9.17) is 6.42 Å². The van der Waals surface area contributed by atoms with Gasteiger partial charge in [0.05, 0.1) is 6.42 Å². The van der Waals surface area contributed by atoms with Gasteiger partial charge in [0.1, 0.15) is 0 Å². The predicted octanol–water partition coefficient (Wildman–Crippen LogP) is 2.61. The summed E-state index contributed by atoms with van der Waals surface area (Å²) in [6, 6.07) is 0.